The van der Waals surface area contributed by atoms with E-state index in [2.05, 4.69) is 5.10 Å². The van der Waals surface area contributed by atoms with Gasteiger partial charge in [-0.05, 0) is 25.1 Å². The number of carbonyl (C=O) groups excluding carboxylic acids is 1. The molecular weight excluding hydrogens is 237 g/mol. The van der Waals surface area contributed by atoms with Crippen LogP contribution in [0.4, 0.5) is 10.1 Å². The fourth-order valence-corrected chi connectivity index (χ4v) is 1.50. The molecule has 1 aromatic heterocycles. The smallest absolute Gasteiger partial charge is 0.361 e. The van der Waals surface area contributed by atoms with Gasteiger partial charge in [0.1, 0.15) is 5.82 Å². The van der Waals surface area contributed by atoms with Crippen LogP contribution >= 0.6 is 0 Å². The first kappa shape index (κ1) is 12.1. The predicted molar refractivity (Wildman–Crippen MR) is 63.9 cm³/mol. The second kappa shape index (κ2) is 4.87. The molecule has 0 unspecified atom stereocenters. The first-order valence-corrected chi connectivity index (χ1v) is 5.40. The van der Waals surface area contributed by atoms with Gasteiger partial charge in [0.25, 0.3) is 0 Å². The summed E-state index contributed by atoms with van der Waals surface area (Å²) in [5.74, 6) is -0.982. The molecule has 1 heterocycles. The summed E-state index contributed by atoms with van der Waals surface area (Å²) in [6.45, 7) is 1.93. The summed E-state index contributed by atoms with van der Waals surface area (Å²) in [6, 6.07) is 5.82. The Morgan fingerprint density at radius 2 is 2.33 bits per heavy atom. The zero-order valence-corrected chi connectivity index (χ0v) is 9.76. The summed E-state index contributed by atoms with van der Waals surface area (Å²) in [4.78, 5) is 11.5. The SMILES string of the molecule is CCOC(=O)c1nn(-c2cccc(F)c2)cc1N. The van der Waals surface area contributed by atoms with Crippen LogP contribution in [0.15, 0.2) is 30.5 Å². The largest absolute Gasteiger partial charge is 0.461 e. The molecule has 0 radical (unpaired) electrons. The number of nitrogen functional groups attached to an aromatic ring is 1. The Hall–Kier alpha value is -2.37. The highest BCUT2D eigenvalue weighted by Crippen LogP contribution is 2.15. The van der Waals surface area contributed by atoms with E-state index in [9.17, 15) is 9.18 Å². The summed E-state index contributed by atoms with van der Waals surface area (Å²) in [6.07, 6.45) is 1.45. The lowest BCUT2D eigenvalue weighted by atomic mass is 10.3. The Bertz CT molecular complexity index is 580. The van der Waals surface area contributed by atoms with Crippen LogP contribution in [0.5, 0.6) is 0 Å². The Kier molecular flexibility index (Phi) is 3.27. The Morgan fingerprint density at radius 3 is 3.00 bits per heavy atom. The standard InChI is InChI=1S/C12H12FN3O2/c1-2-18-12(17)11-10(14)7-16(15-11)9-5-3-4-8(13)6-9/h3-7H,2,14H2,1H3. The average molecular weight is 249 g/mol. The average Bonchev–Trinajstić information content (AvgIpc) is 2.72. The maximum atomic E-state index is 13.1. The summed E-state index contributed by atoms with van der Waals surface area (Å²) in [7, 11) is 0. The quantitative estimate of drug-likeness (QED) is 0.841. The van der Waals surface area contributed by atoms with Crippen LogP contribution in [-0.4, -0.2) is 22.4 Å². The first-order chi connectivity index (χ1) is 8.61. The summed E-state index contributed by atoms with van der Waals surface area (Å²) < 4.78 is 19.2. The summed E-state index contributed by atoms with van der Waals surface area (Å²) in [5, 5.41) is 3.99. The highest BCUT2D eigenvalue weighted by Gasteiger charge is 2.16. The molecule has 0 fully saturated rings. The molecule has 0 aliphatic rings. The van der Waals surface area contributed by atoms with Gasteiger partial charge in [-0.25, -0.2) is 13.9 Å². The number of hydrogen-bond donors (Lipinski definition) is 1. The molecular formula is C12H12FN3O2. The van der Waals surface area contributed by atoms with Crippen molar-refractivity contribution in [1.82, 2.24) is 9.78 Å². The van der Waals surface area contributed by atoms with Gasteiger partial charge in [-0.3, -0.25) is 0 Å². The van der Waals surface area contributed by atoms with Gasteiger partial charge >= 0.3 is 5.97 Å². The number of nitrogens with zero attached hydrogens (tertiary/aromatic N) is 2. The molecule has 0 saturated heterocycles. The van der Waals surface area contributed by atoms with Crippen LogP contribution in [0.2, 0.25) is 0 Å². The molecule has 94 valence electrons. The van der Waals surface area contributed by atoms with E-state index in [1.807, 2.05) is 0 Å². The fraction of sp³-hybridized carbons (Fsp3) is 0.167. The molecule has 0 spiro atoms. The Balaban J connectivity index is 2.37. The summed E-state index contributed by atoms with van der Waals surface area (Å²) in [5.41, 5.74) is 6.37. The van der Waals surface area contributed by atoms with Crippen LogP contribution in [-0.2, 0) is 4.74 Å². The number of rotatable bonds is 3. The lowest BCUT2D eigenvalue weighted by Crippen LogP contribution is -2.08. The topological polar surface area (TPSA) is 70.1 Å². The molecule has 1 aromatic carbocycles. The van der Waals surface area contributed by atoms with Crippen molar-refractivity contribution in [2.24, 2.45) is 0 Å². The van der Waals surface area contributed by atoms with Crippen molar-refractivity contribution in [3.8, 4) is 5.69 Å². The van der Waals surface area contributed by atoms with E-state index in [1.54, 1.807) is 19.1 Å². The molecule has 0 aliphatic carbocycles. The monoisotopic (exact) mass is 249 g/mol. The third-order valence-electron chi connectivity index (χ3n) is 2.28. The number of anilines is 1. The van der Waals surface area contributed by atoms with E-state index < -0.39 is 5.97 Å². The van der Waals surface area contributed by atoms with Gasteiger partial charge < -0.3 is 10.5 Å². The molecule has 5 nitrogen and oxygen atoms in total. The second-order valence-electron chi connectivity index (χ2n) is 3.58. The van der Waals surface area contributed by atoms with E-state index >= 15 is 0 Å². The molecule has 2 N–H and O–H groups in total. The highest BCUT2D eigenvalue weighted by atomic mass is 19.1. The number of esters is 1. The van der Waals surface area contributed by atoms with Gasteiger partial charge in [0.2, 0.25) is 0 Å². The zero-order chi connectivity index (χ0) is 13.1. The van der Waals surface area contributed by atoms with Crippen molar-refractivity contribution in [3.05, 3.63) is 42.0 Å². The van der Waals surface area contributed by atoms with Crippen LogP contribution in [0, 0.1) is 5.82 Å². The van der Waals surface area contributed by atoms with Gasteiger partial charge in [-0.15, -0.1) is 0 Å². The minimum Gasteiger partial charge on any atom is -0.461 e. The minimum atomic E-state index is -0.592. The normalized spacial score (nSPS) is 10.3. The van der Waals surface area contributed by atoms with E-state index in [-0.39, 0.29) is 23.8 Å². The van der Waals surface area contributed by atoms with E-state index in [0.717, 1.165) is 0 Å². The molecule has 0 saturated carbocycles. The minimum absolute atomic E-state index is 0.0288. The molecule has 2 rings (SSSR count). The molecule has 18 heavy (non-hydrogen) atoms. The van der Waals surface area contributed by atoms with Crippen molar-refractivity contribution in [3.63, 3.8) is 0 Å². The maximum absolute atomic E-state index is 13.1. The van der Waals surface area contributed by atoms with Crippen molar-refractivity contribution >= 4 is 11.7 Å². The number of nitrogens with two attached hydrogens (primary N) is 1. The van der Waals surface area contributed by atoms with Crippen molar-refractivity contribution in [1.29, 1.82) is 0 Å². The van der Waals surface area contributed by atoms with E-state index in [4.69, 9.17) is 10.5 Å². The number of carbonyl (C=O) groups is 1. The molecule has 0 atom stereocenters. The molecule has 2 aromatic rings. The Morgan fingerprint density at radius 1 is 1.56 bits per heavy atom. The van der Waals surface area contributed by atoms with Crippen LogP contribution in [0.25, 0.3) is 5.69 Å². The van der Waals surface area contributed by atoms with Crippen LogP contribution in [0.3, 0.4) is 0 Å². The highest BCUT2D eigenvalue weighted by molar-refractivity contribution is 5.92. The molecule has 0 bridgehead atoms. The zero-order valence-electron chi connectivity index (χ0n) is 9.76. The predicted octanol–water partition coefficient (Wildman–Crippen LogP) is 1.77. The van der Waals surface area contributed by atoms with Crippen molar-refractivity contribution < 1.29 is 13.9 Å². The van der Waals surface area contributed by atoms with Gasteiger partial charge in [0, 0.05) is 0 Å². The Labute approximate surface area is 103 Å². The lowest BCUT2D eigenvalue weighted by Gasteiger charge is -2.00. The third-order valence-corrected chi connectivity index (χ3v) is 2.28. The van der Waals surface area contributed by atoms with Crippen LogP contribution in [0.1, 0.15) is 17.4 Å². The van der Waals surface area contributed by atoms with Crippen molar-refractivity contribution in [2.45, 2.75) is 6.92 Å². The second-order valence-corrected chi connectivity index (χ2v) is 3.58. The maximum Gasteiger partial charge on any atom is 0.361 e. The first-order valence-electron chi connectivity index (χ1n) is 5.40. The lowest BCUT2D eigenvalue weighted by molar-refractivity contribution is 0.0520. The number of benzene rings is 1. The van der Waals surface area contributed by atoms with Gasteiger partial charge in [0.15, 0.2) is 5.69 Å². The van der Waals surface area contributed by atoms with Gasteiger partial charge in [0.05, 0.1) is 24.2 Å². The third kappa shape index (κ3) is 2.32. The van der Waals surface area contributed by atoms with Crippen LogP contribution < -0.4 is 5.73 Å². The number of hydrogen-bond acceptors (Lipinski definition) is 4. The number of halogens is 1. The van der Waals surface area contributed by atoms with Gasteiger partial charge in [-0.1, -0.05) is 6.07 Å². The molecule has 0 amide bonds. The summed E-state index contributed by atoms with van der Waals surface area (Å²) >= 11 is 0. The number of aromatic nitrogens is 2. The van der Waals surface area contributed by atoms with Crippen molar-refractivity contribution in [2.75, 3.05) is 12.3 Å². The number of ether oxygens (including phenoxy) is 1. The van der Waals surface area contributed by atoms with Gasteiger partial charge in [-0.2, -0.15) is 5.10 Å². The molecule has 6 heteroatoms. The van der Waals surface area contributed by atoms with E-state index in [1.165, 1.54) is 23.0 Å². The fourth-order valence-electron chi connectivity index (χ4n) is 1.50. The van der Waals surface area contributed by atoms with E-state index in [0.29, 0.717) is 5.69 Å². The molecule has 0 aliphatic heterocycles.